The number of nitro groups is 1. The highest BCUT2D eigenvalue weighted by Gasteiger charge is 2.21. The number of carbonyl (C=O) groups excluding carboxylic acids is 1. The van der Waals surface area contributed by atoms with Crippen molar-refractivity contribution in [3.8, 4) is 0 Å². The number of H-pyrrole nitrogens is 1. The van der Waals surface area contributed by atoms with Crippen LogP contribution >= 0.6 is 0 Å². The first kappa shape index (κ1) is 14.7. The van der Waals surface area contributed by atoms with E-state index in [-0.39, 0.29) is 29.8 Å². The van der Waals surface area contributed by atoms with Gasteiger partial charge in [-0.1, -0.05) is 6.92 Å². The van der Waals surface area contributed by atoms with Gasteiger partial charge in [0.1, 0.15) is 0 Å². The molecule has 2 rings (SSSR count). The Labute approximate surface area is 117 Å². The minimum absolute atomic E-state index is 0.0875. The molecule has 1 fully saturated rings. The number of likely N-dealkylation sites (N-methyl/N-ethyl adjacent to an activating group) is 1. The summed E-state index contributed by atoms with van der Waals surface area (Å²) < 4.78 is 5.56. The standard InChI is InChI=1S/C13H19N3O4/c1-2-15(8-11-4-3-5-20-11)9-13(17)12-6-10(7-14-12)16(18)19/h6-7,11,14H,2-5,8-9H2,1H3. The van der Waals surface area contributed by atoms with E-state index < -0.39 is 4.92 Å². The molecule has 1 aromatic rings. The van der Waals surface area contributed by atoms with Crippen molar-refractivity contribution in [1.29, 1.82) is 0 Å². The predicted octanol–water partition coefficient (Wildman–Crippen LogP) is 1.61. The minimum Gasteiger partial charge on any atom is -0.377 e. The Hall–Kier alpha value is -1.73. The first-order valence-corrected chi connectivity index (χ1v) is 6.80. The van der Waals surface area contributed by atoms with E-state index in [0.717, 1.165) is 32.5 Å². The molecule has 1 aromatic heterocycles. The second-order valence-electron chi connectivity index (χ2n) is 4.91. The van der Waals surface area contributed by atoms with E-state index in [9.17, 15) is 14.9 Å². The number of ether oxygens (including phenoxy) is 1. The fourth-order valence-corrected chi connectivity index (χ4v) is 2.32. The Kier molecular flexibility index (Phi) is 4.86. The molecule has 0 amide bonds. The van der Waals surface area contributed by atoms with Gasteiger partial charge in [-0.15, -0.1) is 0 Å². The van der Waals surface area contributed by atoms with E-state index in [2.05, 4.69) is 4.98 Å². The Morgan fingerprint density at radius 3 is 3.00 bits per heavy atom. The second kappa shape index (κ2) is 6.62. The molecule has 0 bridgehead atoms. The van der Waals surface area contributed by atoms with E-state index in [0.29, 0.717) is 0 Å². The number of Topliss-reactive ketones (excluding diaryl/α,β-unsaturated/α-hetero) is 1. The van der Waals surface area contributed by atoms with Crippen LogP contribution < -0.4 is 0 Å². The number of nitrogens with zero attached hydrogens (tertiary/aromatic N) is 2. The van der Waals surface area contributed by atoms with Crippen LogP contribution in [0, 0.1) is 10.1 Å². The van der Waals surface area contributed by atoms with Crippen molar-refractivity contribution in [2.75, 3.05) is 26.2 Å². The topological polar surface area (TPSA) is 88.5 Å². The third-order valence-electron chi connectivity index (χ3n) is 3.48. The molecule has 1 saturated heterocycles. The highest BCUT2D eigenvalue weighted by atomic mass is 16.6. The average molecular weight is 281 g/mol. The number of rotatable bonds is 7. The zero-order valence-electron chi connectivity index (χ0n) is 11.5. The van der Waals surface area contributed by atoms with Crippen LogP contribution in [0.25, 0.3) is 0 Å². The van der Waals surface area contributed by atoms with Gasteiger partial charge in [0.15, 0.2) is 5.78 Å². The summed E-state index contributed by atoms with van der Waals surface area (Å²) in [5, 5.41) is 10.6. The molecular weight excluding hydrogens is 262 g/mol. The molecule has 1 N–H and O–H groups in total. The summed E-state index contributed by atoms with van der Waals surface area (Å²) in [7, 11) is 0. The van der Waals surface area contributed by atoms with Gasteiger partial charge >= 0.3 is 0 Å². The molecular formula is C13H19N3O4. The molecule has 0 aromatic carbocycles. The lowest BCUT2D eigenvalue weighted by Crippen LogP contribution is -2.36. The van der Waals surface area contributed by atoms with Crippen molar-refractivity contribution in [2.45, 2.75) is 25.9 Å². The van der Waals surface area contributed by atoms with Gasteiger partial charge in [0.2, 0.25) is 0 Å². The molecule has 7 heteroatoms. The minimum atomic E-state index is -0.517. The van der Waals surface area contributed by atoms with Gasteiger partial charge in [-0.05, 0) is 19.4 Å². The molecule has 110 valence electrons. The molecule has 1 unspecified atom stereocenters. The number of aromatic nitrogens is 1. The fourth-order valence-electron chi connectivity index (χ4n) is 2.32. The normalized spacial score (nSPS) is 18.6. The highest BCUT2D eigenvalue weighted by molar-refractivity contribution is 5.96. The van der Waals surface area contributed by atoms with Crippen molar-refractivity contribution in [3.05, 3.63) is 28.1 Å². The average Bonchev–Trinajstić information content (AvgIpc) is 3.08. The molecule has 1 aliphatic rings. The van der Waals surface area contributed by atoms with Crippen LogP contribution in [0.1, 0.15) is 30.3 Å². The molecule has 0 spiro atoms. The van der Waals surface area contributed by atoms with Crippen LogP contribution in [0.2, 0.25) is 0 Å². The first-order chi connectivity index (χ1) is 9.60. The lowest BCUT2D eigenvalue weighted by atomic mass is 10.2. The van der Waals surface area contributed by atoms with Crippen LogP contribution in [0.3, 0.4) is 0 Å². The van der Waals surface area contributed by atoms with Crippen LogP contribution in [0.15, 0.2) is 12.3 Å². The fraction of sp³-hybridized carbons (Fsp3) is 0.615. The number of hydrogen-bond donors (Lipinski definition) is 1. The molecule has 1 aliphatic heterocycles. The van der Waals surface area contributed by atoms with Gasteiger partial charge in [-0.2, -0.15) is 0 Å². The van der Waals surface area contributed by atoms with E-state index in [1.807, 2.05) is 11.8 Å². The summed E-state index contributed by atoms with van der Waals surface area (Å²) in [6, 6.07) is 1.28. The number of nitrogens with one attached hydrogen (secondary N) is 1. The first-order valence-electron chi connectivity index (χ1n) is 6.80. The SMILES string of the molecule is CCN(CC(=O)c1cc([N+](=O)[O-])c[nH]1)CC1CCCO1. The number of hydrogen-bond acceptors (Lipinski definition) is 5. The van der Waals surface area contributed by atoms with E-state index in [4.69, 9.17) is 4.74 Å². The lowest BCUT2D eigenvalue weighted by molar-refractivity contribution is -0.384. The maximum absolute atomic E-state index is 12.1. The third-order valence-corrected chi connectivity index (χ3v) is 3.48. The van der Waals surface area contributed by atoms with Gasteiger partial charge in [0, 0.05) is 19.2 Å². The second-order valence-corrected chi connectivity index (χ2v) is 4.91. The Balaban J connectivity index is 1.91. The van der Waals surface area contributed by atoms with Crippen LogP contribution in [-0.2, 0) is 4.74 Å². The van der Waals surface area contributed by atoms with Crippen molar-refractivity contribution in [2.24, 2.45) is 0 Å². The molecule has 7 nitrogen and oxygen atoms in total. The quantitative estimate of drug-likeness (QED) is 0.466. The van der Waals surface area contributed by atoms with Gasteiger partial charge in [0.25, 0.3) is 5.69 Å². The Morgan fingerprint density at radius 1 is 1.65 bits per heavy atom. The smallest absolute Gasteiger partial charge is 0.287 e. The number of ketones is 1. The summed E-state index contributed by atoms with van der Waals surface area (Å²) in [6.07, 6.45) is 3.53. The number of carbonyl (C=O) groups is 1. The van der Waals surface area contributed by atoms with Gasteiger partial charge in [0.05, 0.1) is 29.5 Å². The molecule has 2 heterocycles. The van der Waals surface area contributed by atoms with Gasteiger partial charge < -0.3 is 9.72 Å². The molecule has 20 heavy (non-hydrogen) atoms. The summed E-state index contributed by atoms with van der Waals surface area (Å²) in [6.45, 7) is 4.49. The van der Waals surface area contributed by atoms with Crippen molar-refractivity contribution < 1.29 is 14.5 Å². The predicted molar refractivity (Wildman–Crippen MR) is 72.9 cm³/mol. The summed E-state index contributed by atoms with van der Waals surface area (Å²) >= 11 is 0. The molecule has 0 radical (unpaired) electrons. The zero-order chi connectivity index (χ0) is 14.5. The van der Waals surface area contributed by atoms with Gasteiger partial charge in [-0.25, -0.2) is 0 Å². The van der Waals surface area contributed by atoms with E-state index >= 15 is 0 Å². The summed E-state index contributed by atoms with van der Waals surface area (Å²) in [4.78, 5) is 26.8. The Bertz CT molecular complexity index is 480. The molecule has 0 saturated carbocycles. The monoisotopic (exact) mass is 281 g/mol. The van der Waals surface area contributed by atoms with Crippen LogP contribution in [0.4, 0.5) is 5.69 Å². The lowest BCUT2D eigenvalue weighted by Gasteiger charge is -2.22. The summed E-state index contributed by atoms with van der Waals surface area (Å²) in [5.74, 6) is -0.141. The van der Waals surface area contributed by atoms with Crippen molar-refractivity contribution >= 4 is 11.5 Å². The summed E-state index contributed by atoms with van der Waals surface area (Å²) in [5.41, 5.74) is 0.193. The maximum Gasteiger partial charge on any atom is 0.287 e. The van der Waals surface area contributed by atoms with Crippen molar-refractivity contribution in [1.82, 2.24) is 9.88 Å². The van der Waals surface area contributed by atoms with E-state index in [1.165, 1.54) is 12.3 Å². The zero-order valence-corrected chi connectivity index (χ0v) is 11.5. The van der Waals surface area contributed by atoms with Crippen LogP contribution in [0.5, 0.6) is 0 Å². The van der Waals surface area contributed by atoms with Gasteiger partial charge in [-0.3, -0.25) is 19.8 Å². The molecule has 1 atom stereocenters. The van der Waals surface area contributed by atoms with Crippen LogP contribution in [-0.4, -0.2) is 52.9 Å². The van der Waals surface area contributed by atoms with Crippen molar-refractivity contribution in [3.63, 3.8) is 0 Å². The molecule has 0 aliphatic carbocycles. The Morgan fingerprint density at radius 2 is 2.45 bits per heavy atom. The number of aromatic amines is 1. The maximum atomic E-state index is 12.1. The largest absolute Gasteiger partial charge is 0.377 e. The highest BCUT2D eigenvalue weighted by Crippen LogP contribution is 2.15. The third kappa shape index (κ3) is 3.64. The van der Waals surface area contributed by atoms with E-state index in [1.54, 1.807) is 0 Å².